The van der Waals surface area contributed by atoms with E-state index in [0.717, 1.165) is 30.2 Å². The second-order valence-corrected chi connectivity index (χ2v) is 6.64. The summed E-state index contributed by atoms with van der Waals surface area (Å²) >= 11 is 5.14. The third-order valence-electron chi connectivity index (χ3n) is 4.22. The number of fused-ring (bicyclic) bond motifs is 1. The van der Waals surface area contributed by atoms with Gasteiger partial charge in [-0.1, -0.05) is 30.3 Å². The average molecular weight is 373 g/mol. The molecule has 2 aromatic carbocycles. The van der Waals surface area contributed by atoms with Gasteiger partial charge in [0.05, 0.1) is 6.10 Å². The molecule has 0 unspecified atom stereocenters. The molecule has 1 aliphatic heterocycles. The average Bonchev–Trinajstić information content (AvgIpc) is 3.18. The summed E-state index contributed by atoms with van der Waals surface area (Å²) in [5, 5.41) is 5.57. The minimum absolute atomic E-state index is 0.181. The van der Waals surface area contributed by atoms with Crippen molar-refractivity contribution in [3.8, 4) is 5.75 Å². The van der Waals surface area contributed by atoms with Gasteiger partial charge in [0.1, 0.15) is 5.75 Å². The first-order valence-corrected chi connectivity index (χ1v) is 9.13. The molecule has 1 aliphatic rings. The summed E-state index contributed by atoms with van der Waals surface area (Å²) < 4.78 is 11.2. The second kappa shape index (κ2) is 8.82. The molecule has 0 radical (unpaired) electrons. The lowest BCUT2D eigenvalue weighted by Crippen LogP contribution is -2.51. The van der Waals surface area contributed by atoms with Gasteiger partial charge in [0.2, 0.25) is 0 Å². The van der Waals surface area contributed by atoms with Crippen LogP contribution in [0.2, 0.25) is 0 Å². The van der Waals surface area contributed by atoms with E-state index in [9.17, 15) is 4.79 Å². The van der Waals surface area contributed by atoms with Crippen LogP contribution in [-0.2, 0) is 9.53 Å². The number of nitrogens with one attached hydrogen (secondary N) is 3. The van der Waals surface area contributed by atoms with Crippen LogP contribution in [0.1, 0.15) is 19.8 Å². The molecule has 0 aliphatic carbocycles. The molecule has 1 fully saturated rings. The highest BCUT2D eigenvalue weighted by atomic mass is 32.1. The number of amides is 1. The molecule has 0 aromatic heterocycles. The van der Waals surface area contributed by atoms with Crippen molar-refractivity contribution in [3.05, 3.63) is 42.5 Å². The van der Waals surface area contributed by atoms with Crippen molar-refractivity contribution in [3.63, 3.8) is 0 Å². The Kier molecular flexibility index (Phi) is 6.25. The quantitative estimate of drug-likeness (QED) is 0.552. The summed E-state index contributed by atoms with van der Waals surface area (Å²) in [5.74, 6) is 0.338. The fourth-order valence-electron chi connectivity index (χ4n) is 2.77. The van der Waals surface area contributed by atoms with Gasteiger partial charge in [-0.15, -0.1) is 0 Å². The second-order valence-electron chi connectivity index (χ2n) is 6.23. The van der Waals surface area contributed by atoms with E-state index < -0.39 is 6.10 Å². The summed E-state index contributed by atoms with van der Waals surface area (Å²) in [7, 11) is 0. The van der Waals surface area contributed by atoms with Crippen LogP contribution in [0.4, 0.5) is 0 Å². The van der Waals surface area contributed by atoms with Crippen LogP contribution in [-0.4, -0.2) is 36.4 Å². The Morgan fingerprint density at radius 1 is 1.27 bits per heavy atom. The molecule has 0 saturated carbocycles. The Balaban J connectivity index is 1.43. The molecule has 26 heavy (non-hydrogen) atoms. The largest absolute Gasteiger partial charge is 0.481 e. The Bertz CT molecular complexity index is 777. The van der Waals surface area contributed by atoms with Crippen LogP contribution < -0.4 is 20.9 Å². The van der Waals surface area contributed by atoms with Crippen molar-refractivity contribution in [2.24, 2.45) is 0 Å². The van der Waals surface area contributed by atoms with Gasteiger partial charge in [0.15, 0.2) is 11.2 Å². The van der Waals surface area contributed by atoms with Crippen LogP contribution >= 0.6 is 12.2 Å². The molecule has 1 saturated heterocycles. The van der Waals surface area contributed by atoms with E-state index in [-0.39, 0.29) is 12.0 Å². The van der Waals surface area contributed by atoms with Crippen LogP contribution in [0, 0.1) is 0 Å². The summed E-state index contributed by atoms with van der Waals surface area (Å²) in [6.07, 6.45) is 1.62. The zero-order chi connectivity index (χ0) is 18.4. The smallest absolute Gasteiger partial charge is 0.279 e. The highest BCUT2D eigenvalue weighted by molar-refractivity contribution is 7.80. The number of hydrogen-bond acceptors (Lipinski definition) is 4. The molecule has 2 atom stereocenters. The zero-order valence-electron chi connectivity index (χ0n) is 14.7. The van der Waals surface area contributed by atoms with Gasteiger partial charge >= 0.3 is 0 Å². The van der Waals surface area contributed by atoms with Crippen LogP contribution in [0.5, 0.6) is 5.75 Å². The van der Waals surface area contributed by atoms with Crippen molar-refractivity contribution in [1.82, 2.24) is 16.2 Å². The fraction of sp³-hybridized carbons (Fsp3) is 0.368. The molecule has 3 N–H and O–H groups in total. The molecule has 7 heteroatoms. The molecule has 2 aromatic rings. The lowest BCUT2D eigenvalue weighted by Gasteiger charge is -2.17. The van der Waals surface area contributed by atoms with Crippen LogP contribution in [0.3, 0.4) is 0 Å². The van der Waals surface area contributed by atoms with Gasteiger partial charge in [-0.2, -0.15) is 0 Å². The number of carbonyl (C=O) groups is 1. The van der Waals surface area contributed by atoms with Gasteiger partial charge < -0.3 is 14.8 Å². The fourth-order valence-corrected chi connectivity index (χ4v) is 2.91. The molecular weight excluding hydrogens is 350 g/mol. The number of benzene rings is 2. The van der Waals surface area contributed by atoms with Gasteiger partial charge in [0.25, 0.3) is 5.91 Å². The molecule has 0 spiro atoms. The first-order valence-electron chi connectivity index (χ1n) is 8.72. The van der Waals surface area contributed by atoms with Crippen LogP contribution in [0.25, 0.3) is 10.8 Å². The maximum atomic E-state index is 12.2. The van der Waals surface area contributed by atoms with E-state index in [0.29, 0.717) is 17.4 Å². The van der Waals surface area contributed by atoms with Crippen molar-refractivity contribution in [1.29, 1.82) is 0 Å². The van der Waals surface area contributed by atoms with Gasteiger partial charge in [-0.3, -0.25) is 15.6 Å². The van der Waals surface area contributed by atoms with Crippen molar-refractivity contribution in [2.75, 3.05) is 13.2 Å². The molecule has 1 amide bonds. The summed E-state index contributed by atoms with van der Waals surface area (Å²) in [6.45, 7) is 3.12. The summed E-state index contributed by atoms with van der Waals surface area (Å²) in [4.78, 5) is 12.2. The Labute approximate surface area is 158 Å². The number of rotatable bonds is 5. The minimum atomic E-state index is -0.662. The molecular formula is C19H23N3O3S. The monoisotopic (exact) mass is 373 g/mol. The number of hydrogen-bond donors (Lipinski definition) is 3. The highest BCUT2D eigenvalue weighted by Gasteiger charge is 2.17. The summed E-state index contributed by atoms with van der Waals surface area (Å²) in [6, 6.07) is 13.7. The minimum Gasteiger partial charge on any atom is -0.481 e. The third kappa shape index (κ3) is 5.06. The molecule has 0 bridgehead atoms. The van der Waals surface area contributed by atoms with Gasteiger partial charge in [0, 0.05) is 13.2 Å². The molecule has 1 heterocycles. The van der Waals surface area contributed by atoms with E-state index in [1.54, 1.807) is 6.92 Å². The number of thiocarbonyl (C=S) groups is 1. The third-order valence-corrected chi connectivity index (χ3v) is 4.46. The highest BCUT2D eigenvalue weighted by Crippen LogP contribution is 2.21. The van der Waals surface area contributed by atoms with E-state index in [1.165, 1.54) is 0 Å². The maximum Gasteiger partial charge on any atom is 0.279 e. The standard InChI is InChI=1S/C19H23N3O3S/c1-13(25-16-9-8-14-5-2-3-6-15(14)11-16)18(23)21-22-19(26)20-12-17-7-4-10-24-17/h2-3,5-6,8-9,11,13,17H,4,7,10,12H2,1H3,(H,21,23)(H2,20,22,26)/t13-,17+/m1/s1. The first kappa shape index (κ1) is 18.4. The number of hydrazine groups is 1. The zero-order valence-corrected chi connectivity index (χ0v) is 15.5. The Hall–Kier alpha value is -2.38. The number of carbonyl (C=O) groups excluding carboxylic acids is 1. The maximum absolute atomic E-state index is 12.2. The summed E-state index contributed by atoms with van der Waals surface area (Å²) in [5.41, 5.74) is 5.24. The van der Waals surface area contributed by atoms with E-state index in [2.05, 4.69) is 16.2 Å². The molecule has 3 rings (SSSR count). The van der Waals surface area contributed by atoms with Crippen molar-refractivity contribution >= 4 is 34.0 Å². The lowest BCUT2D eigenvalue weighted by atomic mass is 10.1. The topological polar surface area (TPSA) is 71.6 Å². The Morgan fingerprint density at radius 2 is 2.08 bits per heavy atom. The normalized spacial score (nSPS) is 17.5. The molecule has 138 valence electrons. The van der Waals surface area contributed by atoms with Gasteiger partial charge in [-0.05, 0) is 54.9 Å². The van der Waals surface area contributed by atoms with Crippen molar-refractivity contribution < 1.29 is 14.3 Å². The SMILES string of the molecule is C[C@@H](Oc1ccc2ccccc2c1)C(=O)NNC(=S)NC[C@@H]1CCCO1. The molecule has 6 nitrogen and oxygen atoms in total. The van der Waals surface area contributed by atoms with E-state index in [4.69, 9.17) is 21.7 Å². The lowest BCUT2D eigenvalue weighted by molar-refractivity contribution is -0.127. The predicted octanol–water partition coefficient (Wildman–Crippen LogP) is 2.28. The van der Waals surface area contributed by atoms with Crippen molar-refractivity contribution in [2.45, 2.75) is 32.0 Å². The Morgan fingerprint density at radius 3 is 2.85 bits per heavy atom. The predicted molar refractivity (Wildman–Crippen MR) is 105 cm³/mol. The van der Waals surface area contributed by atoms with E-state index >= 15 is 0 Å². The van der Waals surface area contributed by atoms with Gasteiger partial charge in [-0.25, -0.2) is 0 Å². The number of ether oxygens (including phenoxy) is 2. The van der Waals surface area contributed by atoms with Crippen LogP contribution in [0.15, 0.2) is 42.5 Å². The first-order chi connectivity index (χ1) is 12.6. The van der Waals surface area contributed by atoms with E-state index in [1.807, 2.05) is 42.5 Å².